The van der Waals surface area contributed by atoms with Crippen LogP contribution in [-0.2, 0) is 64.0 Å². The zero-order valence-corrected chi connectivity index (χ0v) is 48.8. The molecule has 1 fully saturated rings. The Kier molecular flexibility index (Phi) is 33.5. The third kappa shape index (κ3) is 25.7. The van der Waals surface area contributed by atoms with Crippen molar-refractivity contribution in [2.45, 2.75) is 184 Å². The third-order valence-corrected chi connectivity index (χ3v) is 13.4. The molecule has 0 spiro atoms. The van der Waals surface area contributed by atoms with Crippen molar-refractivity contribution in [1.29, 1.82) is 0 Å². The minimum Gasteiger partial charge on any atom is -0.391 e. The molecule has 0 aromatic heterocycles. The lowest BCUT2D eigenvalue weighted by atomic mass is 10.00. The number of nitrogens with one attached hydrogen (secondary N) is 11. The zero-order valence-electron chi connectivity index (χ0n) is 48.8. The normalized spacial score (nSPS) is 22.6. The van der Waals surface area contributed by atoms with E-state index in [9.17, 15) is 67.7 Å². The number of amides is 11. The molecule has 0 saturated carbocycles. The van der Waals surface area contributed by atoms with Crippen molar-refractivity contribution in [3.8, 4) is 0 Å². The van der Waals surface area contributed by atoms with E-state index in [-0.39, 0.29) is 95.8 Å². The van der Waals surface area contributed by atoms with E-state index in [4.69, 9.17) is 28.7 Å². The molecule has 472 valence electrons. The second-order valence-electron chi connectivity index (χ2n) is 21.1. The molecule has 2 rings (SSSR count). The fraction of sp³-hybridized carbons (Fsp3) is 0.667. The lowest BCUT2D eigenvalue weighted by molar-refractivity contribution is -0.137. The maximum Gasteiger partial charge on any atom is 0.245 e. The maximum absolute atomic E-state index is 14.5. The highest BCUT2D eigenvalue weighted by Crippen LogP contribution is 2.12. The fourth-order valence-corrected chi connectivity index (χ4v) is 8.76. The lowest BCUT2D eigenvalue weighted by Gasteiger charge is -2.29. The largest absolute Gasteiger partial charge is 0.391 e. The first kappa shape index (κ1) is 72.9. The van der Waals surface area contributed by atoms with Crippen molar-refractivity contribution in [3.63, 3.8) is 0 Å². The number of benzene rings is 1. The first-order chi connectivity index (χ1) is 39.8. The van der Waals surface area contributed by atoms with Crippen LogP contribution in [0.1, 0.15) is 111 Å². The number of Topliss-reactive ketones (excluding diaryl/α,β-unsaturated/α-hetero) is 1. The molecule has 1 aromatic carbocycles. The van der Waals surface area contributed by atoms with E-state index in [1.165, 1.54) is 6.92 Å². The highest BCUT2D eigenvalue weighted by molar-refractivity contribution is 6.01. The van der Waals surface area contributed by atoms with E-state index in [1.54, 1.807) is 44.2 Å². The van der Waals surface area contributed by atoms with Crippen LogP contribution in [0, 0.1) is 5.92 Å². The third-order valence-electron chi connectivity index (χ3n) is 13.4. The second-order valence-corrected chi connectivity index (χ2v) is 21.1. The number of unbranched alkanes of at least 4 members (excludes halogenated alkanes) is 1. The van der Waals surface area contributed by atoms with E-state index in [2.05, 4.69) is 58.5 Å². The molecule has 0 aliphatic carbocycles. The summed E-state index contributed by atoms with van der Waals surface area (Å²) in [7, 11) is 0. The van der Waals surface area contributed by atoms with Crippen molar-refractivity contribution in [1.82, 2.24) is 58.5 Å². The Hall–Kier alpha value is -7.22. The molecule has 0 radical (unpaired) electrons. The Morgan fingerprint density at radius 1 is 0.583 bits per heavy atom. The number of ketones is 1. The van der Waals surface area contributed by atoms with Crippen LogP contribution in [0.3, 0.4) is 0 Å². The Morgan fingerprint density at radius 3 is 1.57 bits per heavy atom. The van der Waals surface area contributed by atoms with Gasteiger partial charge in [0.25, 0.3) is 0 Å². The summed E-state index contributed by atoms with van der Waals surface area (Å²) >= 11 is 0. The standard InChI is InChI=1S/C54H92N16O14/c1-6-7-13-33(73)28-42(74)61-34(14-20-55)49(79)70-44(31(5)72)54(84)66-37(17-23-58)46(76)65-39-19-25-60-53(83)43(30(4)71)69-50(80)38(18-24-59)63-45(75)35(15-21-56)64-51(81)40(26-29(2)3)67-52(82)41(27-32-11-9-8-10-12-32)68-47(77)36(16-22-57)62-48(39)78/h8-12,29-31,34-41,43-44,71-72H,6-7,13-28,55-59H2,1-5H3,(H,60,83)(H,61,74)(H,62,78)(H,63,75)(H,64,81)(H,65,76)(H,66,84)(H,67,82)(H,68,77)(H,69,80)(H,70,79)/t30-,31?,34+,35+,36?,37+,38+,39+,40+,41-,43+,44+/m1/s1. The summed E-state index contributed by atoms with van der Waals surface area (Å²) in [6, 6.07) is -6.64. The van der Waals surface area contributed by atoms with Gasteiger partial charge in [0, 0.05) is 19.4 Å². The van der Waals surface area contributed by atoms with Gasteiger partial charge >= 0.3 is 0 Å². The maximum atomic E-state index is 14.5. The number of hydrogen-bond acceptors (Lipinski definition) is 19. The molecule has 2 unspecified atom stereocenters. The molecule has 12 atom stereocenters. The van der Waals surface area contributed by atoms with Crippen LogP contribution in [0.15, 0.2) is 30.3 Å². The van der Waals surface area contributed by atoms with Gasteiger partial charge in [0.1, 0.15) is 66.2 Å². The molecule has 1 saturated heterocycles. The number of carbonyl (C=O) groups is 12. The van der Waals surface area contributed by atoms with Crippen molar-refractivity contribution in [3.05, 3.63) is 35.9 Å². The second kappa shape index (κ2) is 38.6. The summed E-state index contributed by atoms with van der Waals surface area (Å²) in [4.78, 5) is 166. The summed E-state index contributed by atoms with van der Waals surface area (Å²) in [5, 5.41) is 49.1. The quantitative estimate of drug-likeness (QED) is 0.0347. The van der Waals surface area contributed by atoms with Gasteiger partial charge in [-0.15, -0.1) is 0 Å². The molecule has 0 bridgehead atoms. The summed E-state index contributed by atoms with van der Waals surface area (Å²) < 4.78 is 0. The minimum absolute atomic E-state index is 0.0365. The van der Waals surface area contributed by atoms with Crippen molar-refractivity contribution < 1.29 is 67.7 Å². The average molecular weight is 1190 g/mol. The highest BCUT2D eigenvalue weighted by atomic mass is 16.3. The number of nitrogens with two attached hydrogens (primary N) is 5. The summed E-state index contributed by atoms with van der Waals surface area (Å²) in [6.07, 6.45) is -3.88. The van der Waals surface area contributed by atoms with Crippen LogP contribution < -0.4 is 87.2 Å². The summed E-state index contributed by atoms with van der Waals surface area (Å²) in [6.45, 7) is 6.44. The van der Waals surface area contributed by atoms with Crippen molar-refractivity contribution in [2.24, 2.45) is 34.6 Å². The number of carbonyl (C=O) groups excluding carboxylic acids is 12. The van der Waals surface area contributed by atoms with Gasteiger partial charge in [0.05, 0.1) is 18.6 Å². The molecule has 11 amide bonds. The fourth-order valence-electron chi connectivity index (χ4n) is 8.76. The Bertz CT molecular complexity index is 2350. The van der Waals surface area contributed by atoms with E-state index >= 15 is 0 Å². The molecular formula is C54H92N16O14. The Morgan fingerprint density at radius 2 is 1.07 bits per heavy atom. The SMILES string of the molecule is CCCCC(=O)CC(=O)N[C@@H](CCN)C(=O)N[C@H](C(=O)N[C@@H](CCN)C(=O)N[C@H]1CCNC(=O)[C@H]([C@@H](C)O)NC(=O)[C@H](CCN)NC(=O)[C@H](CCN)NC(=O)[C@H](CC(C)C)NC(=O)[C@@H](Cc2ccccc2)NC(=O)C(CCN)NC1=O)C(C)O. The zero-order chi connectivity index (χ0) is 63.1. The van der Waals surface area contributed by atoms with Gasteiger partial charge in [-0.3, -0.25) is 57.5 Å². The molecule has 1 aliphatic rings. The van der Waals surface area contributed by atoms with Crippen molar-refractivity contribution in [2.75, 3.05) is 39.3 Å². The van der Waals surface area contributed by atoms with E-state index in [1.807, 2.05) is 6.92 Å². The molecule has 1 aliphatic heterocycles. The molecule has 1 aromatic rings. The monoisotopic (exact) mass is 1190 g/mol. The molecular weight excluding hydrogens is 1100 g/mol. The number of rotatable bonds is 28. The van der Waals surface area contributed by atoms with Crippen LogP contribution in [0.5, 0.6) is 0 Å². The summed E-state index contributed by atoms with van der Waals surface area (Å²) in [5.74, 6) is -11.0. The van der Waals surface area contributed by atoms with Crippen LogP contribution in [0.25, 0.3) is 0 Å². The summed E-state index contributed by atoms with van der Waals surface area (Å²) in [5.41, 5.74) is 29.8. The van der Waals surface area contributed by atoms with Gasteiger partial charge in [-0.25, -0.2) is 0 Å². The predicted octanol–water partition coefficient (Wildman–Crippen LogP) is -6.70. The van der Waals surface area contributed by atoms with Gasteiger partial charge < -0.3 is 97.4 Å². The van der Waals surface area contributed by atoms with Gasteiger partial charge in [-0.1, -0.05) is 57.5 Å². The molecule has 23 N–H and O–H groups in total. The first-order valence-corrected chi connectivity index (χ1v) is 28.6. The number of aliphatic hydroxyl groups excluding tert-OH is 2. The number of aliphatic hydroxyl groups is 2. The van der Waals surface area contributed by atoms with Gasteiger partial charge in [0.2, 0.25) is 65.0 Å². The topological polar surface area (TPSA) is 508 Å². The van der Waals surface area contributed by atoms with Gasteiger partial charge in [-0.05, 0) is 109 Å². The molecule has 30 heteroatoms. The van der Waals surface area contributed by atoms with E-state index in [0.29, 0.717) is 18.4 Å². The Labute approximate surface area is 489 Å². The highest BCUT2D eigenvalue weighted by Gasteiger charge is 2.37. The minimum atomic E-state index is -1.77. The number of hydrogen-bond donors (Lipinski definition) is 18. The van der Waals surface area contributed by atoms with Crippen LogP contribution in [0.4, 0.5) is 0 Å². The van der Waals surface area contributed by atoms with Gasteiger partial charge in [-0.2, -0.15) is 0 Å². The molecule has 30 nitrogen and oxygen atoms in total. The Balaban J connectivity index is 2.70. The average Bonchev–Trinajstić information content (AvgIpc) is 3.63. The van der Waals surface area contributed by atoms with Crippen LogP contribution >= 0.6 is 0 Å². The molecule has 1 heterocycles. The predicted molar refractivity (Wildman–Crippen MR) is 307 cm³/mol. The van der Waals surface area contributed by atoms with Crippen LogP contribution in [0.2, 0.25) is 0 Å². The van der Waals surface area contributed by atoms with Crippen LogP contribution in [-0.4, -0.2) is 193 Å². The van der Waals surface area contributed by atoms with E-state index in [0.717, 1.165) is 6.92 Å². The van der Waals surface area contributed by atoms with Crippen molar-refractivity contribution >= 4 is 70.8 Å². The lowest BCUT2D eigenvalue weighted by Crippen LogP contribution is -2.62. The smallest absolute Gasteiger partial charge is 0.245 e. The molecule has 84 heavy (non-hydrogen) atoms. The van der Waals surface area contributed by atoms with Gasteiger partial charge in [0.15, 0.2) is 0 Å². The first-order valence-electron chi connectivity index (χ1n) is 28.6. The van der Waals surface area contributed by atoms with E-state index < -0.39 is 157 Å².